The second-order valence-electron chi connectivity index (χ2n) is 5.63. The van der Waals surface area contributed by atoms with Gasteiger partial charge in [0.1, 0.15) is 17.2 Å². The number of benzene rings is 2. The zero-order chi connectivity index (χ0) is 21.0. The first-order valence-corrected chi connectivity index (χ1v) is 9.36. The summed E-state index contributed by atoms with van der Waals surface area (Å²) in [5.41, 5.74) is -1.03. The first-order chi connectivity index (χ1) is 12.9. The Morgan fingerprint density at radius 3 is 2.14 bits per heavy atom. The Kier molecular flexibility index (Phi) is 6.48. The maximum absolute atomic E-state index is 13.0. The molecule has 0 amide bonds. The van der Waals surface area contributed by atoms with E-state index in [9.17, 15) is 34.8 Å². The van der Waals surface area contributed by atoms with Crippen LogP contribution < -0.4 is 8.92 Å². The molecule has 0 spiro atoms. The number of hydrogen-bond donors (Lipinski definition) is 0. The molecule has 0 saturated heterocycles. The van der Waals surface area contributed by atoms with Crippen LogP contribution in [-0.4, -0.2) is 20.3 Å². The SMILES string of the molecule is O=S(=O)(CCCC(F)(F)F)Oc1cccc(Oc2ccccc2C(F)(F)F)c1. The summed E-state index contributed by atoms with van der Waals surface area (Å²) in [6.45, 7) is 0. The van der Waals surface area contributed by atoms with Crippen molar-refractivity contribution >= 4 is 10.1 Å². The maximum atomic E-state index is 13.0. The fraction of sp³-hybridized carbons (Fsp3) is 0.294. The summed E-state index contributed by atoms with van der Waals surface area (Å²) in [6.07, 6.45) is -11.1. The topological polar surface area (TPSA) is 52.6 Å². The minimum absolute atomic E-state index is 0.139. The number of alkyl halides is 6. The van der Waals surface area contributed by atoms with Gasteiger partial charge in [-0.25, -0.2) is 0 Å². The van der Waals surface area contributed by atoms with Gasteiger partial charge in [0.05, 0.1) is 11.3 Å². The molecule has 0 heterocycles. The van der Waals surface area contributed by atoms with Crippen molar-refractivity contribution in [1.82, 2.24) is 0 Å². The summed E-state index contributed by atoms with van der Waals surface area (Å²) in [5, 5.41) is 0. The van der Waals surface area contributed by atoms with Crippen molar-refractivity contribution in [3.8, 4) is 17.2 Å². The van der Waals surface area contributed by atoms with Crippen molar-refractivity contribution in [1.29, 1.82) is 0 Å². The largest absolute Gasteiger partial charge is 0.457 e. The Morgan fingerprint density at radius 2 is 1.50 bits per heavy atom. The summed E-state index contributed by atoms with van der Waals surface area (Å²) in [6, 6.07) is 9.17. The van der Waals surface area contributed by atoms with E-state index in [0.717, 1.165) is 18.2 Å². The van der Waals surface area contributed by atoms with E-state index in [1.165, 1.54) is 30.3 Å². The molecule has 2 rings (SSSR count). The highest BCUT2D eigenvalue weighted by molar-refractivity contribution is 7.87. The summed E-state index contributed by atoms with van der Waals surface area (Å²) in [4.78, 5) is 0. The molecule has 0 N–H and O–H groups in total. The lowest BCUT2D eigenvalue weighted by Crippen LogP contribution is -2.16. The van der Waals surface area contributed by atoms with Crippen molar-refractivity contribution in [2.45, 2.75) is 25.2 Å². The van der Waals surface area contributed by atoms with Crippen LogP contribution in [0.3, 0.4) is 0 Å². The molecule has 0 aromatic heterocycles. The average Bonchev–Trinajstić information content (AvgIpc) is 2.52. The smallest absolute Gasteiger partial charge is 0.419 e. The average molecular weight is 428 g/mol. The normalized spacial score (nSPS) is 12.6. The molecule has 4 nitrogen and oxygen atoms in total. The van der Waals surface area contributed by atoms with Crippen molar-refractivity contribution in [3.05, 3.63) is 54.1 Å². The molecular formula is C17H14F6O4S. The molecule has 0 aliphatic rings. The molecule has 28 heavy (non-hydrogen) atoms. The molecule has 11 heteroatoms. The highest BCUT2D eigenvalue weighted by atomic mass is 32.2. The Bertz CT molecular complexity index is 906. The Balaban J connectivity index is 2.11. The third-order valence-corrected chi connectivity index (χ3v) is 4.54. The van der Waals surface area contributed by atoms with Crippen molar-refractivity contribution < 1.29 is 43.7 Å². The lowest BCUT2D eigenvalue weighted by Gasteiger charge is -2.14. The van der Waals surface area contributed by atoms with Crippen LogP contribution in [0, 0.1) is 0 Å². The molecule has 0 bridgehead atoms. The molecule has 0 unspecified atom stereocenters. The van der Waals surface area contributed by atoms with Gasteiger partial charge in [-0.3, -0.25) is 0 Å². The second kappa shape index (κ2) is 8.29. The van der Waals surface area contributed by atoms with Crippen molar-refractivity contribution in [2.75, 3.05) is 5.75 Å². The van der Waals surface area contributed by atoms with Crippen LogP contribution in [0.2, 0.25) is 0 Å². The number of ether oxygens (including phenoxy) is 1. The Morgan fingerprint density at radius 1 is 0.857 bits per heavy atom. The zero-order valence-corrected chi connectivity index (χ0v) is 14.9. The lowest BCUT2D eigenvalue weighted by molar-refractivity contribution is -0.138. The summed E-state index contributed by atoms with van der Waals surface area (Å²) in [5.74, 6) is -1.80. The van der Waals surface area contributed by atoms with Crippen LogP contribution in [-0.2, 0) is 16.3 Å². The minimum atomic E-state index is -4.66. The minimum Gasteiger partial charge on any atom is -0.457 e. The first-order valence-electron chi connectivity index (χ1n) is 7.79. The van der Waals surface area contributed by atoms with Crippen LogP contribution >= 0.6 is 0 Å². The van der Waals surface area contributed by atoms with E-state index in [4.69, 9.17) is 8.92 Å². The first kappa shape index (κ1) is 21.9. The van der Waals surface area contributed by atoms with E-state index in [1.54, 1.807) is 0 Å². The fourth-order valence-electron chi connectivity index (χ4n) is 2.14. The van der Waals surface area contributed by atoms with Gasteiger partial charge in [0, 0.05) is 12.5 Å². The van der Waals surface area contributed by atoms with Crippen LogP contribution in [0.4, 0.5) is 26.3 Å². The van der Waals surface area contributed by atoms with Gasteiger partial charge in [0.25, 0.3) is 0 Å². The predicted molar refractivity (Wildman–Crippen MR) is 87.7 cm³/mol. The van der Waals surface area contributed by atoms with E-state index >= 15 is 0 Å². The summed E-state index contributed by atoms with van der Waals surface area (Å²) >= 11 is 0. The van der Waals surface area contributed by atoms with Crippen LogP contribution in [0.15, 0.2) is 48.5 Å². The lowest BCUT2D eigenvalue weighted by atomic mass is 10.2. The van der Waals surface area contributed by atoms with Crippen molar-refractivity contribution in [2.24, 2.45) is 0 Å². The van der Waals surface area contributed by atoms with Gasteiger partial charge >= 0.3 is 22.5 Å². The van der Waals surface area contributed by atoms with Crippen LogP contribution in [0.25, 0.3) is 0 Å². The molecule has 2 aromatic carbocycles. The predicted octanol–water partition coefficient (Wildman–Crippen LogP) is 5.55. The van der Waals surface area contributed by atoms with Gasteiger partial charge in [0.15, 0.2) is 0 Å². The summed E-state index contributed by atoms with van der Waals surface area (Å²) in [7, 11) is -4.31. The highest BCUT2D eigenvalue weighted by Gasteiger charge is 2.34. The standard InChI is InChI=1S/C17H14F6O4S/c18-16(19,20)9-4-10-28(24,25)27-13-6-3-5-12(11-13)26-15-8-2-1-7-14(15)17(21,22)23/h1-3,5-8,11H,4,9-10H2. The number of halogens is 6. The molecule has 0 atom stereocenters. The number of para-hydroxylation sites is 1. The van der Waals surface area contributed by atoms with Gasteiger partial charge in [0.2, 0.25) is 0 Å². The summed E-state index contributed by atoms with van der Waals surface area (Å²) < 4.78 is 109. The molecule has 0 radical (unpaired) electrons. The third kappa shape index (κ3) is 6.95. The highest BCUT2D eigenvalue weighted by Crippen LogP contribution is 2.38. The Hall–Kier alpha value is -2.43. The van der Waals surface area contributed by atoms with E-state index in [2.05, 4.69) is 0 Å². The second-order valence-corrected chi connectivity index (χ2v) is 7.32. The molecule has 0 fully saturated rings. The monoisotopic (exact) mass is 428 g/mol. The van der Waals surface area contributed by atoms with Gasteiger partial charge in [-0.15, -0.1) is 0 Å². The Labute approximate surface area is 156 Å². The van der Waals surface area contributed by atoms with E-state index < -0.39 is 52.4 Å². The molecule has 0 saturated carbocycles. The quantitative estimate of drug-likeness (QED) is 0.429. The number of hydrogen-bond acceptors (Lipinski definition) is 4. The molecule has 2 aromatic rings. The van der Waals surface area contributed by atoms with Crippen LogP contribution in [0.1, 0.15) is 18.4 Å². The van der Waals surface area contributed by atoms with Gasteiger partial charge in [-0.2, -0.15) is 34.8 Å². The van der Waals surface area contributed by atoms with Crippen molar-refractivity contribution in [3.63, 3.8) is 0 Å². The molecule has 0 aliphatic carbocycles. The van der Waals surface area contributed by atoms with E-state index in [1.807, 2.05) is 0 Å². The zero-order valence-electron chi connectivity index (χ0n) is 14.0. The van der Waals surface area contributed by atoms with Crippen LogP contribution in [0.5, 0.6) is 17.2 Å². The van der Waals surface area contributed by atoms with Gasteiger partial charge in [-0.1, -0.05) is 18.2 Å². The number of rotatable bonds is 7. The van der Waals surface area contributed by atoms with E-state index in [0.29, 0.717) is 0 Å². The maximum Gasteiger partial charge on any atom is 0.419 e. The van der Waals surface area contributed by atoms with E-state index in [-0.39, 0.29) is 11.5 Å². The fourth-order valence-corrected chi connectivity index (χ4v) is 3.12. The van der Waals surface area contributed by atoms with Gasteiger partial charge < -0.3 is 8.92 Å². The molecule has 154 valence electrons. The molecule has 0 aliphatic heterocycles. The van der Waals surface area contributed by atoms with Gasteiger partial charge in [-0.05, 0) is 30.7 Å². The molecular weight excluding hydrogens is 414 g/mol. The third-order valence-electron chi connectivity index (χ3n) is 3.30.